The van der Waals surface area contributed by atoms with E-state index in [2.05, 4.69) is 4.72 Å². The van der Waals surface area contributed by atoms with Crippen molar-refractivity contribution in [3.05, 3.63) is 18.2 Å². The van der Waals surface area contributed by atoms with Crippen LogP contribution in [0.15, 0.2) is 23.1 Å². The predicted octanol–water partition coefficient (Wildman–Crippen LogP) is 1.32. The molecule has 1 aromatic carbocycles. The smallest absolute Gasteiger partial charge is 0.241 e. The second-order valence-electron chi connectivity index (χ2n) is 6.71. The van der Waals surface area contributed by atoms with E-state index in [1.807, 2.05) is 0 Å². The van der Waals surface area contributed by atoms with Gasteiger partial charge in [-0.3, -0.25) is 0 Å². The zero-order valence-electron chi connectivity index (χ0n) is 14.0. The first-order valence-corrected chi connectivity index (χ1v) is 10.2. The summed E-state index contributed by atoms with van der Waals surface area (Å²) in [6.45, 7) is 2.51. The fourth-order valence-electron chi connectivity index (χ4n) is 3.01. The molecule has 0 radical (unpaired) electrons. The molecule has 7 nitrogen and oxygen atoms in total. The van der Waals surface area contributed by atoms with Crippen molar-refractivity contribution < 1.29 is 27.4 Å². The van der Waals surface area contributed by atoms with Crippen molar-refractivity contribution in [1.29, 1.82) is 0 Å². The maximum atomic E-state index is 12.8. The van der Waals surface area contributed by atoms with Gasteiger partial charge in [0.1, 0.15) is 13.2 Å². The van der Waals surface area contributed by atoms with Gasteiger partial charge in [0.05, 0.1) is 23.6 Å². The molecule has 2 atom stereocenters. The Labute approximate surface area is 147 Å². The van der Waals surface area contributed by atoms with Gasteiger partial charge in [0, 0.05) is 19.3 Å². The van der Waals surface area contributed by atoms with Crippen LogP contribution in [0.4, 0.5) is 0 Å². The van der Waals surface area contributed by atoms with Gasteiger partial charge in [0.15, 0.2) is 11.5 Å². The molecule has 138 valence electrons. The van der Waals surface area contributed by atoms with Gasteiger partial charge in [-0.25, -0.2) is 13.1 Å². The normalized spacial score (nSPS) is 26.4. The molecule has 3 aliphatic rings. The van der Waals surface area contributed by atoms with E-state index in [0.29, 0.717) is 56.9 Å². The third-order valence-corrected chi connectivity index (χ3v) is 6.17. The summed E-state index contributed by atoms with van der Waals surface area (Å²) in [6, 6.07) is 4.39. The fourth-order valence-corrected chi connectivity index (χ4v) is 4.33. The Hall–Kier alpha value is -1.35. The lowest BCUT2D eigenvalue weighted by Crippen LogP contribution is -2.50. The second-order valence-corrected chi connectivity index (χ2v) is 8.43. The molecule has 1 aromatic rings. The van der Waals surface area contributed by atoms with Crippen LogP contribution in [-0.4, -0.2) is 53.6 Å². The number of rotatable bonds is 6. The Balaban J connectivity index is 1.47. The van der Waals surface area contributed by atoms with Crippen LogP contribution in [0.1, 0.15) is 19.3 Å². The van der Waals surface area contributed by atoms with E-state index in [1.54, 1.807) is 6.07 Å². The lowest BCUT2D eigenvalue weighted by Gasteiger charge is -2.32. The van der Waals surface area contributed by atoms with Crippen LogP contribution < -0.4 is 14.2 Å². The Morgan fingerprint density at radius 2 is 1.88 bits per heavy atom. The molecule has 0 aromatic heterocycles. The minimum Gasteiger partial charge on any atom is -0.486 e. The van der Waals surface area contributed by atoms with Gasteiger partial charge >= 0.3 is 0 Å². The topological polar surface area (TPSA) is 83.1 Å². The number of fused-ring (bicyclic) bond motifs is 1. The van der Waals surface area contributed by atoms with Crippen molar-refractivity contribution in [3.63, 3.8) is 0 Å². The van der Waals surface area contributed by atoms with Crippen LogP contribution in [0.2, 0.25) is 0 Å². The fraction of sp³-hybridized carbons (Fsp3) is 0.647. The third kappa shape index (κ3) is 4.08. The molecule has 25 heavy (non-hydrogen) atoms. The molecule has 1 saturated carbocycles. The first-order chi connectivity index (χ1) is 12.1. The van der Waals surface area contributed by atoms with E-state index in [9.17, 15) is 8.42 Å². The molecule has 0 bridgehead atoms. The van der Waals surface area contributed by atoms with Crippen molar-refractivity contribution in [3.8, 4) is 11.5 Å². The van der Waals surface area contributed by atoms with Crippen LogP contribution in [-0.2, 0) is 19.5 Å². The Bertz CT molecular complexity index is 718. The Morgan fingerprint density at radius 3 is 2.68 bits per heavy atom. The van der Waals surface area contributed by atoms with Crippen LogP contribution in [0.5, 0.6) is 11.5 Å². The summed E-state index contributed by atoms with van der Waals surface area (Å²) in [7, 11) is -3.67. The van der Waals surface area contributed by atoms with Crippen molar-refractivity contribution in [2.75, 3.05) is 33.0 Å². The summed E-state index contributed by atoms with van der Waals surface area (Å²) in [5.41, 5.74) is 0. The molecule has 0 amide bonds. The average molecular weight is 369 g/mol. The minimum atomic E-state index is -3.67. The van der Waals surface area contributed by atoms with Gasteiger partial charge in [-0.1, -0.05) is 0 Å². The summed E-state index contributed by atoms with van der Waals surface area (Å²) >= 11 is 0. The maximum Gasteiger partial charge on any atom is 0.241 e. The largest absolute Gasteiger partial charge is 0.486 e. The zero-order valence-corrected chi connectivity index (χ0v) is 14.8. The summed E-state index contributed by atoms with van der Waals surface area (Å²) in [6.07, 6.45) is 2.74. The number of hydrogen-bond acceptors (Lipinski definition) is 6. The van der Waals surface area contributed by atoms with Gasteiger partial charge in [0.25, 0.3) is 0 Å². The maximum absolute atomic E-state index is 12.8. The SMILES string of the molecule is O=S(=O)(N[C@@H]1CCOC[C@H]1OCC1CC1)c1ccc2c(c1)OCCO2. The van der Waals surface area contributed by atoms with E-state index in [1.165, 1.54) is 25.0 Å². The number of benzene rings is 1. The summed E-state index contributed by atoms with van der Waals surface area (Å²) < 4.78 is 50.6. The van der Waals surface area contributed by atoms with Gasteiger partial charge in [0.2, 0.25) is 10.0 Å². The molecular weight excluding hydrogens is 346 g/mol. The number of sulfonamides is 1. The third-order valence-electron chi connectivity index (χ3n) is 4.68. The standard InChI is InChI=1S/C17H23NO6S/c19-25(20,13-3-4-15-16(9-13)23-8-7-22-15)18-14-5-6-21-11-17(14)24-10-12-1-2-12/h3-4,9,12,14,17-18H,1-2,5-8,10-11H2/t14-,17-/m1/s1. The van der Waals surface area contributed by atoms with Crippen molar-refractivity contribution in [2.45, 2.75) is 36.3 Å². The molecule has 8 heteroatoms. The van der Waals surface area contributed by atoms with E-state index < -0.39 is 10.0 Å². The molecule has 2 aliphatic heterocycles. The van der Waals surface area contributed by atoms with Crippen molar-refractivity contribution >= 4 is 10.0 Å². The summed E-state index contributed by atoms with van der Waals surface area (Å²) in [5.74, 6) is 1.65. The highest BCUT2D eigenvalue weighted by Crippen LogP contribution is 2.33. The van der Waals surface area contributed by atoms with E-state index in [-0.39, 0.29) is 17.0 Å². The highest BCUT2D eigenvalue weighted by molar-refractivity contribution is 7.89. The lowest BCUT2D eigenvalue weighted by molar-refractivity contribution is -0.0672. The van der Waals surface area contributed by atoms with Crippen LogP contribution in [0.3, 0.4) is 0 Å². The van der Waals surface area contributed by atoms with Crippen molar-refractivity contribution in [1.82, 2.24) is 4.72 Å². The van der Waals surface area contributed by atoms with E-state index in [4.69, 9.17) is 18.9 Å². The second kappa shape index (κ2) is 7.11. The quantitative estimate of drug-likeness (QED) is 0.814. The summed E-state index contributed by atoms with van der Waals surface area (Å²) in [5, 5.41) is 0. The van der Waals surface area contributed by atoms with Crippen LogP contribution in [0, 0.1) is 5.92 Å². The van der Waals surface area contributed by atoms with Gasteiger partial charge < -0.3 is 18.9 Å². The van der Waals surface area contributed by atoms with Crippen LogP contribution >= 0.6 is 0 Å². The molecule has 1 aliphatic carbocycles. The number of hydrogen-bond donors (Lipinski definition) is 1. The molecule has 2 fully saturated rings. The van der Waals surface area contributed by atoms with E-state index >= 15 is 0 Å². The Kier molecular flexibility index (Phi) is 4.86. The molecule has 2 heterocycles. The first kappa shape index (κ1) is 17.1. The molecule has 0 unspecified atom stereocenters. The molecule has 4 rings (SSSR count). The van der Waals surface area contributed by atoms with Gasteiger partial charge in [-0.2, -0.15) is 0 Å². The highest BCUT2D eigenvalue weighted by Gasteiger charge is 2.33. The zero-order chi connectivity index (χ0) is 17.3. The molecular formula is C17H23NO6S. The van der Waals surface area contributed by atoms with E-state index in [0.717, 1.165) is 0 Å². The first-order valence-electron chi connectivity index (χ1n) is 8.73. The number of nitrogens with one attached hydrogen (secondary N) is 1. The Morgan fingerprint density at radius 1 is 1.08 bits per heavy atom. The molecule has 1 saturated heterocycles. The van der Waals surface area contributed by atoms with Gasteiger partial charge in [-0.05, 0) is 37.3 Å². The molecule has 1 N–H and O–H groups in total. The number of ether oxygens (including phenoxy) is 4. The predicted molar refractivity (Wildman–Crippen MR) is 89.4 cm³/mol. The lowest BCUT2D eigenvalue weighted by atomic mass is 10.1. The van der Waals surface area contributed by atoms with Gasteiger partial charge in [-0.15, -0.1) is 0 Å². The monoisotopic (exact) mass is 369 g/mol. The summed E-state index contributed by atoms with van der Waals surface area (Å²) in [4.78, 5) is 0.171. The highest BCUT2D eigenvalue weighted by atomic mass is 32.2. The van der Waals surface area contributed by atoms with Crippen LogP contribution in [0.25, 0.3) is 0 Å². The molecule has 0 spiro atoms. The minimum absolute atomic E-state index is 0.171. The average Bonchev–Trinajstić information content (AvgIpc) is 3.45. The van der Waals surface area contributed by atoms with Crippen molar-refractivity contribution in [2.24, 2.45) is 5.92 Å².